The SMILES string of the molecule is CCC(C)c1ccc(S(=O)(=O)N2CCC(C)CC2)cc1. The molecule has 1 saturated heterocycles. The van der Waals surface area contributed by atoms with Crippen LogP contribution in [0.1, 0.15) is 51.5 Å². The van der Waals surface area contributed by atoms with E-state index < -0.39 is 10.0 Å². The Morgan fingerprint density at radius 2 is 1.75 bits per heavy atom. The summed E-state index contributed by atoms with van der Waals surface area (Å²) in [5.74, 6) is 1.11. The van der Waals surface area contributed by atoms with E-state index in [1.54, 1.807) is 16.4 Å². The lowest BCUT2D eigenvalue weighted by Gasteiger charge is -2.29. The van der Waals surface area contributed by atoms with Gasteiger partial charge in [-0.2, -0.15) is 4.31 Å². The Hall–Kier alpha value is -0.870. The highest BCUT2D eigenvalue weighted by atomic mass is 32.2. The van der Waals surface area contributed by atoms with Crippen molar-refractivity contribution in [1.29, 1.82) is 0 Å². The van der Waals surface area contributed by atoms with E-state index in [2.05, 4.69) is 20.8 Å². The zero-order valence-corrected chi connectivity index (χ0v) is 13.5. The maximum Gasteiger partial charge on any atom is 0.243 e. The molecule has 1 aromatic carbocycles. The first kappa shape index (κ1) is 15.5. The molecule has 1 atom stereocenters. The molecule has 3 nitrogen and oxygen atoms in total. The Balaban J connectivity index is 2.17. The second-order valence-electron chi connectivity index (χ2n) is 5.96. The largest absolute Gasteiger partial charge is 0.243 e. The van der Waals surface area contributed by atoms with E-state index in [-0.39, 0.29) is 0 Å². The lowest BCUT2D eigenvalue weighted by Crippen LogP contribution is -2.37. The van der Waals surface area contributed by atoms with Gasteiger partial charge >= 0.3 is 0 Å². The first-order valence-corrected chi connectivity index (χ1v) is 8.99. The van der Waals surface area contributed by atoms with Gasteiger partial charge in [-0.15, -0.1) is 0 Å². The number of sulfonamides is 1. The maximum absolute atomic E-state index is 12.6. The normalized spacial score (nSPS) is 19.9. The molecule has 4 heteroatoms. The van der Waals surface area contributed by atoms with Crippen molar-refractivity contribution in [2.45, 2.75) is 50.8 Å². The number of piperidine rings is 1. The maximum atomic E-state index is 12.6. The number of hydrogen-bond donors (Lipinski definition) is 0. The molecule has 0 aromatic heterocycles. The fourth-order valence-electron chi connectivity index (χ4n) is 2.58. The summed E-state index contributed by atoms with van der Waals surface area (Å²) in [7, 11) is -3.30. The third-order valence-corrected chi connectivity index (χ3v) is 6.35. The lowest BCUT2D eigenvalue weighted by molar-refractivity contribution is 0.288. The zero-order valence-electron chi connectivity index (χ0n) is 12.7. The summed E-state index contributed by atoms with van der Waals surface area (Å²) in [6.07, 6.45) is 2.99. The van der Waals surface area contributed by atoms with Gasteiger partial charge in [0.25, 0.3) is 0 Å². The molecule has 0 amide bonds. The second-order valence-corrected chi connectivity index (χ2v) is 7.90. The fraction of sp³-hybridized carbons (Fsp3) is 0.625. The van der Waals surface area contributed by atoms with Crippen molar-refractivity contribution in [2.24, 2.45) is 5.92 Å². The van der Waals surface area contributed by atoms with Crippen molar-refractivity contribution in [3.05, 3.63) is 29.8 Å². The van der Waals surface area contributed by atoms with Crippen LogP contribution in [0.5, 0.6) is 0 Å². The zero-order chi connectivity index (χ0) is 14.8. The Kier molecular flexibility index (Phi) is 4.86. The van der Waals surface area contributed by atoms with Gasteiger partial charge in [0.1, 0.15) is 0 Å². The molecule has 0 radical (unpaired) electrons. The van der Waals surface area contributed by atoms with Gasteiger partial charge in [-0.05, 0) is 48.8 Å². The highest BCUT2D eigenvalue weighted by Crippen LogP contribution is 2.25. The summed E-state index contributed by atoms with van der Waals surface area (Å²) in [6.45, 7) is 7.79. The van der Waals surface area contributed by atoms with E-state index in [9.17, 15) is 8.42 Å². The van der Waals surface area contributed by atoms with Crippen molar-refractivity contribution in [2.75, 3.05) is 13.1 Å². The van der Waals surface area contributed by atoms with Crippen LogP contribution in [0.25, 0.3) is 0 Å². The summed E-state index contributed by atoms with van der Waals surface area (Å²) in [5, 5.41) is 0. The number of hydrogen-bond acceptors (Lipinski definition) is 2. The van der Waals surface area contributed by atoms with E-state index >= 15 is 0 Å². The smallest absolute Gasteiger partial charge is 0.207 e. The molecule has 2 rings (SSSR count). The van der Waals surface area contributed by atoms with Gasteiger partial charge < -0.3 is 0 Å². The van der Waals surface area contributed by atoms with Gasteiger partial charge in [0, 0.05) is 13.1 Å². The molecule has 0 N–H and O–H groups in total. The quantitative estimate of drug-likeness (QED) is 0.850. The van der Waals surface area contributed by atoms with E-state index in [1.165, 1.54) is 5.56 Å². The first-order chi connectivity index (χ1) is 9.45. The highest BCUT2D eigenvalue weighted by molar-refractivity contribution is 7.89. The molecular weight excluding hydrogens is 270 g/mol. The first-order valence-electron chi connectivity index (χ1n) is 7.55. The summed E-state index contributed by atoms with van der Waals surface area (Å²) in [4.78, 5) is 0.430. The Morgan fingerprint density at radius 3 is 2.25 bits per heavy atom. The third kappa shape index (κ3) is 3.23. The monoisotopic (exact) mass is 295 g/mol. The number of nitrogens with zero attached hydrogens (tertiary/aromatic N) is 1. The lowest BCUT2D eigenvalue weighted by atomic mass is 9.99. The minimum Gasteiger partial charge on any atom is -0.207 e. The van der Waals surface area contributed by atoms with Gasteiger partial charge in [0.2, 0.25) is 10.0 Å². The Morgan fingerprint density at radius 1 is 1.20 bits per heavy atom. The van der Waals surface area contributed by atoms with Gasteiger partial charge in [-0.3, -0.25) is 0 Å². The summed E-state index contributed by atoms with van der Waals surface area (Å²) < 4.78 is 26.8. The van der Waals surface area contributed by atoms with Crippen LogP contribution in [0.4, 0.5) is 0 Å². The van der Waals surface area contributed by atoms with Crippen LogP contribution in [-0.2, 0) is 10.0 Å². The minimum atomic E-state index is -3.30. The van der Waals surface area contributed by atoms with Crippen LogP contribution >= 0.6 is 0 Å². The third-order valence-electron chi connectivity index (χ3n) is 4.44. The van der Waals surface area contributed by atoms with Crippen LogP contribution in [0.15, 0.2) is 29.2 Å². The predicted molar refractivity (Wildman–Crippen MR) is 82.3 cm³/mol. The van der Waals surface area contributed by atoms with Crippen molar-refractivity contribution in [1.82, 2.24) is 4.31 Å². The Bertz CT molecular complexity index is 528. The van der Waals surface area contributed by atoms with Crippen molar-refractivity contribution >= 4 is 10.0 Å². The number of rotatable bonds is 4. The van der Waals surface area contributed by atoms with E-state index in [0.717, 1.165) is 19.3 Å². The van der Waals surface area contributed by atoms with Gasteiger partial charge in [0.05, 0.1) is 4.90 Å². The molecule has 1 aliphatic rings. The molecule has 1 heterocycles. The van der Waals surface area contributed by atoms with Crippen LogP contribution in [0.2, 0.25) is 0 Å². The molecule has 0 saturated carbocycles. The topological polar surface area (TPSA) is 37.4 Å². The molecule has 1 aliphatic heterocycles. The van der Waals surface area contributed by atoms with Crippen LogP contribution in [0, 0.1) is 5.92 Å². The van der Waals surface area contributed by atoms with Crippen LogP contribution in [-0.4, -0.2) is 25.8 Å². The molecule has 0 spiro atoms. The minimum absolute atomic E-state index is 0.430. The van der Waals surface area contributed by atoms with Crippen LogP contribution < -0.4 is 0 Å². The average molecular weight is 295 g/mol. The summed E-state index contributed by atoms with van der Waals surface area (Å²) >= 11 is 0. The van der Waals surface area contributed by atoms with E-state index in [4.69, 9.17) is 0 Å². The molecule has 20 heavy (non-hydrogen) atoms. The second kappa shape index (κ2) is 6.27. The standard InChI is InChI=1S/C16H25NO2S/c1-4-14(3)15-5-7-16(8-6-15)20(18,19)17-11-9-13(2)10-12-17/h5-8,13-14H,4,9-12H2,1-3H3. The molecule has 0 bridgehead atoms. The van der Waals surface area contributed by atoms with E-state index in [0.29, 0.717) is 29.8 Å². The molecule has 1 unspecified atom stereocenters. The molecule has 0 aliphatic carbocycles. The van der Waals surface area contributed by atoms with E-state index in [1.807, 2.05) is 12.1 Å². The van der Waals surface area contributed by atoms with Crippen molar-refractivity contribution in [3.63, 3.8) is 0 Å². The average Bonchev–Trinajstić information content (AvgIpc) is 2.47. The molecular formula is C16H25NO2S. The molecule has 1 fully saturated rings. The van der Waals surface area contributed by atoms with Crippen LogP contribution in [0.3, 0.4) is 0 Å². The summed E-state index contributed by atoms with van der Waals surface area (Å²) in [6, 6.07) is 7.42. The van der Waals surface area contributed by atoms with Gasteiger partial charge in [-0.1, -0.05) is 32.9 Å². The van der Waals surface area contributed by atoms with Crippen molar-refractivity contribution in [3.8, 4) is 0 Å². The molecule has 112 valence electrons. The molecule has 1 aromatic rings. The summed E-state index contributed by atoms with van der Waals surface area (Å²) in [5.41, 5.74) is 1.21. The number of benzene rings is 1. The predicted octanol–water partition coefficient (Wildman–Crippen LogP) is 3.62. The Labute approximate surface area is 123 Å². The fourth-order valence-corrected chi connectivity index (χ4v) is 4.05. The van der Waals surface area contributed by atoms with Gasteiger partial charge in [0.15, 0.2) is 0 Å². The van der Waals surface area contributed by atoms with Gasteiger partial charge in [-0.25, -0.2) is 8.42 Å². The highest BCUT2D eigenvalue weighted by Gasteiger charge is 2.27. The van der Waals surface area contributed by atoms with Crippen molar-refractivity contribution < 1.29 is 8.42 Å².